The van der Waals surface area contributed by atoms with E-state index >= 15 is 0 Å². The van der Waals surface area contributed by atoms with Gasteiger partial charge in [0.25, 0.3) is 0 Å². The number of benzene rings is 1. The van der Waals surface area contributed by atoms with Crippen molar-refractivity contribution in [3.8, 4) is 0 Å². The first-order valence-corrected chi connectivity index (χ1v) is 7.81. The Morgan fingerprint density at radius 3 is 2.76 bits per heavy atom. The Bertz CT molecular complexity index is 866. The van der Waals surface area contributed by atoms with Crippen LogP contribution in [-0.4, -0.2) is 17.8 Å². The summed E-state index contributed by atoms with van der Waals surface area (Å²) in [5.41, 5.74) is 6.61. The average molecular weight is 305 g/mol. The van der Waals surface area contributed by atoms with Crippen molar-refractivity contribution >= 4 is 21.2 Å². The van der Waals surface area contributed by atoms with Crippen LogP contribution in [0.1, 0.15) is 5.69 Å². The second-order valence-electron chi connectivity index (χ2n) is 4.68. The van der Waals surface area contributed by atoms with E-state index in [1.165, 1.54) is 6.07 Å². The highest BCUT2D eigenvalue weighted by atomic mass is 32.2. The third-order valence-electron chi connectivity index (χ3n) is 3.00. The van der Waals surface area contributed by atoms with E-state index < -0.39 is 15.7 Å². The van der Waals surface area contributed by atoms with Crippen molar-refractivity contribution < 1.29 is 12.8 Å². The minimum atomic E-state index is -3.70. The summed E-state index contributed by atoms with van der Waals surface area (Å²) < 4.78 is 39.7. The SMILES string of the molecule is Nc1cc(F)cc(S(=O)(=O)Cc2cn3ccccc3n2)c1. The Hall–Kier alpha value is -2.41. The van der Waals surface area contributed by atoms with Crippen molar-refractivity contribution in [2.75, 3.05) is 5.73 Å². The Kier molecular flexibility index (Phi) is 3.13. The Morgan fingerprint density at radius 2 is 2.05 bits per heavy atom. The lowest BCUT2D eigenvalue weighted by Crippen LogP contribution is -2.06. The zero-order valence-corrected chi connectivity index (χ0v) is 11.7. The van der Waals surface area contributed by atoms with Crippen molar-refractivity contribution in [2.45, 2.75) is 10.6 Å². The van der Waals surface area contributed by atoms with Crippen molar-refractivity contribution in [1.82, 2.24) is 9.38 Å². The van der Waals surface area contributed by atoms with Crippen LogP contribution in [0.2, 0.25) is 0 Å². The van der Waals surface area contributed by atoms with Crippen LogP contribution in [0.4, 0.5) is 10.1 Å². The smallest absolute Gasteiger partial charge is 0.184 e. The number of hydrogen-bond acceptors (Lipinski definition) is 4. The second-order valence-corrected chi connectivity index (χ2v) is 6.67. The first kappa shape index (κ1) is 13.6. The lowest BCUT2D eigenvalue weighted by atomic mass is 10.3. The van der Waals surface area contributed by atoms with Crippen LogP contribution in [-0.2, 0) is 15.6 Å². The molecule has 0 amide bonds. The number of nitrogens with zero attached hydrogens (tertiary/aromatic N) is 2. The molecule has 5 nitrogen and oxygen atoms in total. The molecule has 0 fully saturated rings. The number of imidazole rings is 1. The second kappa shape index (κ2) is 4.85. The number of halogens is 1. The summed E-state index contributed by atoms with van der Waals surface area (Å²) in [6.45, 7) is 0. The van der Waals surface area contributed by atoms with Crippen LogP contribution < -0.4 is 5.73 Å². The molecule has 21 heavy (non-hydrogen) atoms. The number of nitrogens with two attached hydrogens (primary N) is 1. The number of rotatable bonds is 3. The molecule has 2 aromatic heterocycles. The van der Waals surface area contributed by atoms with Gasteiger partial charge in [0.2, 0.25) is 0 Å². The molecule has 0 aliphatic heterocycles. The number of pyridine rings is 1. The van der Waals surface area contributed by atoms with Crippen LogP contribution in [0.3, 0.4) is 0 Å². The molecule has 108 valence electrons. The molecule has 3 rings (SSSR count). The molecule has 0 aliphatic carbocycles. The molecule has 0 radical (unpaired) electrons. The molecule has 7 heteroatoms. The standard InChI is InChI=1S/C14H12FN3O2S/c15-10-5-11(16)7-13(6-10)21(19,20)9-12-8-18-4-2-1-3-14(18)17-12/h1-8H,9,16H2. The van der Waals surface area contributed by atoms with Crippen LogP contribution >= 0.6 is 0 Å². The fourth-order valence-corrected chi connectivity index (χ4v) is 3.40. The maximum atomic E-state index is 13.3. The summed E-state index contributed by atoms with van der Waals surface area (Å²) in [7, 11) is -3.70. The molecule has 2 N–H and O–H groups in total. The summed E-state index contributed by atoms with van der Waals surface area (Å²) in [6, 6.07) is 8.68. The van der Waals surface area contributed by atoms with E-state index in [9.17, 15) is 12.8 Å². The van der Waals surface area contributed by atoms with Crippen LogP contribution in [0.25, 0.3) is 5.65 Å². The third kappa shape index (κ3) is 2.73. The molecule has 0 spiro atoms. The number of hydrogen-bond donors (Lipinski definition) is 1. The Morgan fingerprint density at radius 1 is 1.24 bits per heavy atom. The summed E-state index contributed by atoms with van der Waals surface area (Å²) in [5.74, 6) is -0.985. The van der Waals surface area contributed by atoms with E-state index in [1.54, 1.807) is 22.9 Å². The van der Waals surface area contributed by atoms with E-state index in [1.807, 2.05) is 12.1 Å². The zero-order valence-electron chi connectivity index (χ0n) is 10.9. The number of anilines is 1. The quantitative estimate of drug-likeness (QED) is 0.751. The van der Waals surface area contributed by atoms with Gasteiger partial charge in [-0.05, 0) is 30.3 Å². The van der Waals surface area contributed by atoms with Gasteiger partial charge in [0, 0.05) is 18.1 Å². The van der Waals surface area contributed by atoms with Gasteiger partial charge in [0.15, 0.2) is 9.84 Å². The molecule has 0 saturated heterocycles. The van der Waals surface area contributed by atoms with E-state index in [0.717, 1.165) is 12.1 Å². The van der Waals surface area contributed by atoms with Crippen molar-refractivity contribution in [2.24, 2.45) is 0 Å². The van der Waals surface area contributed by atoms with Gasteiger partial charge in [-0.3, -0.25) is 0 Å². The Labute approximate surface area is 120 Å². The summed E-state index contributed by atoms with van der Waals surface area (Å²) in [5, 5.41) is 0. The minimum absolute atomic E-state index is 0.0728. The first-order valence-electron chi connectivity index (χ1n) is 6.15. The van der Waals surface area contributed by atoms with Gasteiger partial charge in [-0.25, -0.2) is 17.8 Å². The van der Waals surface area contributed by atoms with Crippen LogP contribution in [0, 0.1) is 5.82 Å². The molecule has 1 aromatic carbocycles. The predicted molar refractivity (Wildman–Crippen MR) is 76.9 cm³/mol. The lowest BCUT2D eigenvalue weighted by molar-refractivity contribution is 0.590. The topological polar surface area (TPSA) is 77.5 Å². The maximum absolute atomic E-state index is 13.3. The summed E-state index contributed by atoms with van der Waals surface area (Å²) in [4.78, 5) is 4.09. The van der Waals surface area contributed by atoms with Gasteiger partial charge in [0.05, 0.1) is 16.3 Å². The normalized spacial score (nSPS) is 11.9. The minimum Gasteiger partial charge on any atom is -0.399 e. The zero-order chi connectivity index (χ0) is 15.0. The van der Waals surface area contributed by atoms with E-state index in [4.69, 9.17) is 5.73 Å². The average Bonchev–Trinajstić information content (AvgIpc) is 2.78. The van der Waals surface area contributed by atoms with Gasteiger partial charge in [0.1, 0.15) is 11.5 Å². The highest BCUT2D eigenvalue weighted by Crippen LogP contribution is 2.20. The van der Waals surface area contributed by atoms with Crippen LogP contribution in [0.5, 0.6) is 0 Å². The molecule has 0 saturated carbocycles. The van der Waals surface area contributed by atoms with E-state index in [2.05, 4.69) is 4.98 Å². The molecule has 0 bridgehead atoms. The highest BCUT2D eigenvalue weighted by Gasteiger charge is 2.18. The molecule has 0 atom stereocenters. The fourth-order valence-electron chi connectivity index (χ4n) is 2.10. The predicted octanol–water partition coefficient (Wildman–Crippen LogP) is 2.03. The third-order valence-corrected chi connectivity index (χ3v) is 4.63. The molecule has 0 unspecified atom stereocenters. The first-order chi connectivity index (χ1) is 9.94. The van der Waals surface area contributed by atoms with Gasteiger partial charge in [-0.1, -0.05) is 6.07 Å². The molecular formula is C14H12FN3O2S. The molecule has 3 aromatic rings. The van der Waals surface area contributed by atoms with Crippen LogP contribution in [0.15, 0.2) is 53.7 Å². The van der Waals surface area contributed by atoms with E-state index in [0.29, 0.717) is 11.3 Å². The number of sulfone groups is 1. The van der Waals surface area contributed by atoms with Gasteiger partial charge >= 0.3 is 0 Å². The van der Waals surface area contributed by atoms with Gasteiger partial charge < -0.3 is 10.1 Å². The Balaban J connectivity index is 1.98. The summed E-state index contributed by atoms with van der Waals surface area (Å²) >= 11 is 0. The largest absolute Gasteiger partial charge is 0.399 e. The molecular weight excluding hydrogens is 293 g/mol. The van der Waals surface area contributed by atoms with Gasteiger partial charge in [-0.2, -0.15) is 0 Å². The lowest BCUT2D eigenvalue weighted by Gasteiger charge is -2.04. The summed E-state index contributed by atoms with van der Waals surface area (Å²) in [6.07, 6.45) is 3.41. The number of aromatic nitrogens is 2. The fraction of sp³-hybridized carbons (Fsp3) is 0.0714. The van der Waals surface area contributed by atoms with Crippen molar-refractivity contribution in [1.29, 1.82) is 0 Å². The van der Waals surface area contributed by atoms with Crippen molar-refractivity contribution in [3.05, 3.63) is 60.3 Å². The number of fused-ring (bicyclic) bond motifs is 1. The number of nitrogen functional groups attached to an aromatic ring is 1. The monoisotopic (exact) mass is 305 g/mol. The maximum Gasteiger partial charge on any atom is 0.184 e. The molecule has 0 aliphatic rings. The van der Waals surface area contributed by atoms with Gasteiger partial charge in [-0.15, -0.1) is 0 Å². The van der Waals surface area contributed by atoms with E-state index in [-0.39, 0.29) is 16.3 Å². The highest BCUT2D eigenvalue weighted by molar-refractivity contribution is 7.90. The molecule has 2 heterocycles. The van der Waals surface area contributed by atoms with Crippen molar-refractivity contribution in [3.63, 3.8) is 0 Å².